The van der Waals surface area contributed by atoms with Crippen molar-refractivity contribution in [1.29, 1.82) is 0 Å². The van der Waals surface area contributed by atoms with Crippen molar-refractivity contribution >= 4 is 33.8 Å². The van der Waals surface area contributed by atoms with Crippen LogP contribution < -0.4 is 19.7 Å². The molecule has 2 aromatic carbocycles. The minimum Gasteiger partial charge on any atom is -0.407 e. The Hall–Kier alpha value is -3.43. The lowest BCUT2D eigenvalue weighted by atomic mass is 10.1. The van der Waals surface area contributed by atoms with Crippen molar-refractivity contribution in [2.45, 2.75) is 13.1 Å². The molecule has 3 rings (SSSR count). The maximum Gasteiger partial charge on any atom is 0.419 e. The summed E-state index contributed by atoms with van der Waals surface area (Å²) in [5, 5.41) is 4.75. The van der Waals surface area contributed by atoms with E-state index in [4.69, 9.17) is 9.88 Å². The van der Waals surface area contributed by atoms with Gasteiger partial charge in [-0.2, -0.15) is 21.6 Å². The number of carbonyl (C=O) groups is 2. The molecule has 3 amide bonds. The fourth-order valence-electron chi connectivity index (χ4n) is 3.46. The molecule has 196 valence electrons. The lowest BCUT2D eigenvalue weighted by Crippen LogP contribution is -2.35. The highest BCUT2D eigenvalue weighted by Crippen LogP contribution is 2.41. The van der Waals surface area contributed by atoms with Gasteiger partial charge in [-0.1, -0.05) is 0 Å². The molecule has 0 aromatic heterocycles. The van der Waals surface area contributed by atoms with E-state index < -0.39 is 46.6 Å². The number of ether oxygens (including phenoxy) is 1. The fourth-order valence-corrected chi connectivity index (χ4v) is 3.76. The van der Waals surface area contributed by atoms with Crippen molar-refractivity contribution in [3.05, 3.63) is 53.3 Å². The highest BCUT2D eigenvalue weighted by atomic mass is 32.2. The van der Waals surface area contributed by atoms with Gasteiger partial charge in [-0.3, -0.25) is 14.0 Å². The molecule has 15 heteroatoms. The number of hydrogen-bond donors (Lipinski definition) is 1. The summed E-state index contributed by atoms with van der Waals surface area (Å²) in [7, 11) is -2.92. The highest BCUT2D eigenvalue weighted by Gasteiger charge is 2.37. The van der Waals surface area contributed by atoms with E-state index in [1.165, 1.54) is 26.1 Å². The molecule has 0 bridgehead atoms. The number of hydrogen-bond acceptors (Lipinski definition) is 6. The van der Waals surface area contributed by atoms with E-state index >= 15 is 0 Å². The van der Waals surface area contributed by atoms with E-state index in [1.54, 1.807) is 0 Å². The molecule has 1 heterocycles. The van der Waals surface area contributed by atoms with Gasteiger partial charge >= 0.3 is 28.6 Å². The summed E-state index contributed by atoms with van der Waals surface area (Å²) >= 11 is 0. The van der Waals surface area contributed by atoms with Crippen molar-refractivity contribution in [2.75, 3.05) is 43.1 Å². The third kappa shape index (κ3) is 6.41. The van der Waals surface area contributed by atoms with Gasteiger partial charge in [0.05, 0.1) is 17.9 Å². The van der Waals surface area contributed by atoms with Crippen LogP contribution in [0.4, 0.5) is 38.5 Å². The van der Waals surface area contributed by atoms with E-state index in [0.29, 0.717) is 6.07 Å². The van der Waals surface area contributed by atoms with Crippen LogP contribution in [0, 0.1) is 12.7 Å². The second kappa shape index (κ2) is 10.3. The number of amides is 3. The standard InChI is InChI=1S/C21H22F4N4O6S/c1-13-11-14(21(23,24)25)12-17(29-8-7-28(19(29)30)9-10-34-36(26,32)33)18(13)35-20(31)27(2)16-5-3-15(22)4-6-16/h3-6,11-12H,7-10H2,1-2H3,(H2,26,32,33). The lowest BCUT2D eigenvalue weighted by molar-refractivity contribution is -0.137. The lowest BCUT2D eigenvalue weighted by Gasteiger charge is -2.24. The van der Waals surface area contributed by atoms with Gasteiger partial charge in [0.2, 0.25) is 0 Å². The topological polar surface area (TPSA) is 122 Å². The first kappa shape index (κ1) is 27.2. The number of nitrogens with zero attached hydrogens (tertiary/aromatic N) is 3. The number of anilines is 2. The summed E-state index contributed by atoms with van der Waals surface area (Å²) in [4.78, 5) is 28.8. The van der Waals surface area contributed by atoms with Gasteiger partial charge in [0.15, 0.2) is 5.75 Å². The molecule has 0 aliphatic carbocycles. The third-order valence-corrected chi connectivity index (χ3v) is 5.75. The highest BCUT2D eigenvalue weighted by molar-refractivity contribution is 7.84. The number of alkyl halides is 3. The molecule has 1 fully saturated rings. The van der Waals surface area contributed by atoms with Crippen molar-refractivity contribution < 1.29 is 44.5 Å². The van der Waals surface area contributed by atoms with Gasteiger partial charge in [-0.05, 0) is 48.9 Å². The minimum absolute atomic E-state index is 0.0327. The molecule has 1 saturated heterocycles. The third-order valence-electron chi connectivity index (χ3n) is 5.25. The van der Waals surface area contributed by atoms with Crippen molar-refractivity contribution in [3.63, 3.8) is 0 Å². The Morgan fingerprint density at radius 3 is 2.39 bits per heavy atom. The number of urea groups is 1. The van der Waals surface area contributed by atoms with Crippen LogP contribution in [0.5, 0.6) is 5.75 Å². The second-order valence-electron chi connectivity index (χ2n) is 7.78. The van der Waals surface area contributed by atoms with Gasteiger partial charge in [-0.25, -0.2) is 19.1 Å². The molecule has 1 aliphatic heterocycles. The molecule has 1 aliphatic rings. The Balaban J connectivity index is 1.91. The maximum absolute atomic E-state index is 13.5. The van der Waals surface area contributed by atoms with E-state index in [-0.39, 0.29) is 42.3 Å². The quantitative estimate of drug-likeness (QED) is 0.545. The monoisotopic (exact) mass is 534 g/mol. The molecule has 2 N–H and O–H groups in total. The molecule has 10 nitrogen and oxygen atoms in total. The first-order chi connectivity index (χ1) is 16.7. The molecule has 0 spiro atoms. The first-order valence-corrected chi connectivity index (χ1v) is 11.8. The molecular formula is C21H22F4N4O6S. The largest absolute Gasteiger partial charge is 0.419 e. The van der Waals surface area contributed by atoms with Gasteiger partial charge < -0.3 is 9.64 Å². The number of rotatable bonds is 7. The summed E-state index contributed by atoms with van der Waals surface area (Å²) in [6.07, 6.45) is -5.74. The number of benzene rings is 2. The first-order valence-electron chi connectivity index (χ1n) is 10.3. The fraction of sp³-hybridized carbons (Fsp3) is 0.333. The molecular weight excluding hydrogens is 512 g/mol. The molecule has 36 heavy (non-hydrogen) atoms. The number of halogens is 4. The van der Waals surface area contributed by atoms with E-state index in [1.807, 2.05) is 0 Å². The van der Waals surface area contributed by atoms with E-state index in [0.717, 1.165) is 32.9 Å². The van der Waals surface area contributed by atoms with Crippen molar-refractivity contribution in [2.24, 2.45) is 5.14 Å². The van der Waals surface area contributed by atoms with Crippen LogP contribution in [0.15, 0.2) is 36.4 Å². The van der Waals surface area contributed by atoms with Crippen LogP contribution in [0.2, 0.25) is 0 Å². The minimum atomic E-state index is -4.75. The van der Waals surface area contributed by atoms with Crippen LogP contribution in [-0.2, 0) is 20.7 Å². The van der Waals surface area contributed by atoms with Crippen LogP contribution in [0.1, 0.15) is 11.1 Å². The SMILES string of the molecule is Cc1cc(C(F)(F)F)cc(N2CCN(CCOS(N)(=O)=O)C2=O)c1OC(=O)N(C)c1ccc(F)cc1. The molecule has 2 aromatic rings. The van der Waals surface area contributed by atoms with Crippen molar-refractivity contribution in [1.82, 2.24) is 4.90 Å². The Morgan fingerprint density at radius 1 is 1.17 bits per heavy atom. The Bertz CT molecular complexity index is 1250. The average Bonchev–Trinajstić information content (AvgIpc) is 3.13. The predicted molar refractivity (Wildman–Crippen MR) is 120 cm³/mol. The molecule has 0 atom stereocenters. The van der Waals surface area contributed by atoms with Crippen LogP contribution in [-0.4, -0.2) is 58.7 Å². The Morgan fingerprint density at radius 2 is 1.81 bits per heavy atom. The average molecular weight is 534 g/mol. The zero-order valence-corrected chi connectivity index (χ0v) is 19.9. The van der Waals surface area contributed by atoms with Crippen LogP contribution >= 0.6 is 0 Å². The number of aryl methyl sites for hydroxylation is 1. The smallest absolute Gasteiger partial charge is 0.407 e. The summed E-state index contributed by atoms with van der Waals surface area (Å²) < 4.78 is 85.4. The normalized spacial score (nSPS) is 14.4. The van der Waals surface area contributed by atoms with Gasteiger partial charge in [0.1, 0.15) is 5.82 Å². The maximum atomic E-state index is 13.5. The summed E-state index contributed by atoms with van der Waals surface area (Å²) in [5.74, 6) is -0.814. The van der Waals surface area contributed by atoms with Gasteiger partial charge in [0.25, 0.3) is 0 Å². The zero-order valence-electron chi connectivity index (χ0n) is 19.1. The van der Waals surface area contributed by atoms with Gasteiger partial charge in [0, 0.05) is 32.4 Å². The van der Waals surface area contributed by atoms with Crippen molar-refractivity contribution in [3.8, 4) is 5.75 Å². The summed E-state index contributed by atoms with van der Waals surface area (Å²) in [5.41, 5.74) is -1.18. The molecule has 0 radical (unpaired) electrons. The van der Waals surface area contributed by atoms with Crippen LogP contribution in [0.25, 0.3) is 0 Å². The Labute approximate surface area is 204 Å². The molecule has 0 unspecified atom stereocenters. The predicted octanol–water partition coefficient (Wildman–Crippen LogP) is 3.25. The second-order valence-corrected chi connectivity index (χ2v) is 9.00. The van der Waals surface area contributed by atoms with Crippen LogP contribution in [0.3, 0.4) is 0 Å². The summed E-state index contributed by atoms with van der Waals surface area (Å²) in [6.45, 7) is 0.590. The van der Waals surface area contributed by atoms with E-state index in [2.05, 4.69) is 4.18 Å². The number of nitrogens with two attached hydrogens (primary N) is 1. The number of carbonyl (C=O) groups excluding carboxylic acids is 2. The Kier molecular flexibility index (Phi) is 7.76. The van der Waals surface area contributed by atoms with Gasteiger partial charge in [-0.15, -0.1) is 0 Å². The van der Waals surface area contributed by atoms with E-state index in [9.17, 15) is 35.6 Å². The zero-order chi connectivity index (χ0) is 26.8. The molecule has 0 saturated carbocycles. The summed E-state index contributed by atoms with van der Waals surface area (Å²) in [6, 6.07) is 5.56.